The van der Waals surface area contributed by atoms with Gasteiger partial charge in [0.15, 0.2) is 0 Å². The van der Waals surface area contributed by atoms with Gasteiger partial charge in [0.05, 0.1) is 22.4 Å². The third-order valence-electron chi connectivity index (χ3n) is 9.91. The van der Waals surface area contributed by atoms with E-state index in [1.807, 2.05) is 18.2 Å². The number of allylic oxidation sites excluding steroid dienone is 4. The predicted octanol–water partition coefficient (Wildman–Crippen LogP) is 12.5. The smallest absolute Gasteiger partial charge is 0.0972 e. The van der Waals surface area contributed by atoms with Crippen LogP contribution in [0.1, 0.15) is 5.69 Å². The van der Waals surface area contributed by atoms with Crippen LogP contribution in [0.25, 0.3) is 93.2 Å². The minimum absolute atomic E-state index is 0.899. The van der Waals surface area contributed by atoms with Crippen LogP contribution >= 0.6 is 0 Å². The number of aromatic nitrogens is 2. The second kappa shape index (κ2) is 11.4. The summed E-state index contributed by atoms with van der Waals surface area (Å²) >= 11 is 0. The summed E-state index contributed by atoms with van der Waals surface area (Å²) in [4.78, 5) is 10.3. The second-order valence-corrected chi connectivity index (χ2v) is 12.8. The minimum atomic E-state index is 0.899. The van der Waals surface area contributed by atoms with E-state index in [0.717, 1.165) is 44.3 Å². The lowest BCUT2D eigenvalue weighted by molar-refractivity contribution is 1.33. The Morgan fingerprint density at radius 1 is 0.380 bits per heavy atom. The molecule has 50 heavy (non-hydrogen) atoms. The molecular weight excluding hydrogens is 605 g/mol. The largest absolute Gasteiger partial charge is 0.245 e. The minimum Gasteiger partial charge on any atom is -0.245 e. The van der Waals surface area contributed by atoms with E-state index < -0.39 is 0 Å². The SMILES string of the molecule is C1=C=CC(c2ccc3ccc4ccc(-c5ccc(-c6c7ccccc7c(-c7ccc8ccccc8c7)c7ccccc67)cc5)nc4c3n2)=CC=1. The summed E-state index contributed by atoms with van der Waals surface area (Å²) in [7, 11) is 0. The van der Waals surface area contributed by atoms with Gasteiger partial charge in [-0.05, 0) is 91.0 Å². The van der Waals surface area contributed by atoms with Gasteiger partial charge in [-0.15, -0.1) is 0 Å². The number of nitrogens with zero attached hydrogens (tertiary/aromatic N) is 2. The van der Waals surface area contributed by atoms with Crippen LogP contribution in [0.3, 0.4) is 0 Å². The Kier molecular flexibility index (Phi) is 6.44. The van der Waals surface area contributed by atoms with Gasteiger partial charge >= 0.3 is 0 Å². The molecule has 0 spiro atoms. The maximum atomic E-state index is 5.20. The summed E-state index contributed by atoms with van der Waals surface area (Å²) in [5.41, 5.74) is 16.7. The van der Waals surface area contributed by atoms with Crippen molar-refractivity contribution in [3.8, 4) is 33.5 Å². The van der Waals surface area contributed by atoms with Gasteiger partial charge in [0, 0.05) is 21.9 Å². The number of hydrogen-bond acceptors (Lipinski definition) is 2. The lowest BCUT2D eigenvalue weighted by Crippen LogP contribution is -1.93. The Balaban J connectivity index is 1.11. The molecule has 0 bridgehead atoms. The van der Waals surface area contributed by atoms with Crippen molar-refractivity contribution in [3.05, 3.63) is 187 Å². The van der Waals surface area contributed by atoms with Crippen LogP contribution in [-0.2, 0) is 0 Å². The van der Waals surface area contributed by atoms with Crippen molar-refractivity contribution in [2.45, 2.75) is 0 Å². The number of pyridine rings is 2. The van der Waals surface area contributed by atoms with E-state index in [9.17, 15) is 0 Å². The van der Waals surface area contributed by atoms with Crippen LogP contribution in [0.2, 0.25) is 0 Å². The summed E-state index contributed by atoms with van der Waals surface area (Å²) in [6.07, 6.45) is 5.80. The molecule has 1 aliphatic carbocycles. The molecular formula is C48H28N2. The summed E-state index contributed by atoms with van der Waals surface area (Å²) in [5.74, 6) is 0. The molecule has 9 aromatic rings. The van der Waals surface area contributed by atoms with Crippen molar-refractivity contribution in [1.29, 1.82) is 0 Å². The first-order valence-corrected chi connectivity index (χ1v) is 16.9. The van der Waals surface area contributed by atoms with Crippen molar-refractivity contribution < 1.29 is 0 Å². The Morgan fingerprint density at radius 2 is 0.880 bits per heavy atom. The van der Waals surface area contributed by atoms with E-state index in [1.165, 1.54) is 54.6 Å². The average molecular weight is 633 g/mol. The molecule has 7 aromatic carbocycles. The zero-order valence-corrected chi connectivity index (χ0v) is 27.1. The molecule has 0 atom stereocenters. The summed E-state index contributed by atoms with van der Waals surface area (Å²) in [6.45, 7) is 0. The lowest BCUT2D eigenvalue weighted by Gasteiger charge is -2.18. The first kappa shape index (κ1) is 28.2. The van der Waals surface area contributed by atoms with Crippen molar-refractivity contribution in [1.82, 2.24) is 9.97 Å². The highest BCUT2D eigenvalue weighted by atomic mass is 14.8. The maximum absolute atomic E-state index is 5.20. The molecule has 2 nitrogen and oxygen atoms in total. The zero-order chi connectivity index (χ0) is 33.0. The van der Waals surface area contributed by atoms with E-state index in [-0.39, 0.29) is 0 Å². The monoisotopic (exact) mass is 632 g/mol. The van der Waals surface area contributed by atoms with Gasteiger partial charge in [0.2, 0.25) is 0 Å². The van der Waals surface area contributed by atoms with Gasteiger partial charge in [0.25, 0.3) is 0 Å². The molecule has 0 unspecified atom stereocenters. The molecule has 0 amide bonds. The van der Waals surface area contributed by atoms with Crippen molar-refractivity contribution in [2.24, 2.45) is 0 Å². The molecule has 0 aliphatic heterocycles. The molecule has 10 rings (SSSR count). The number of hydrogen-bond donors (Lipinski definition) is 0. The van der Waals surface area contributed by atoms with E-state index in [2.05, 4.69) is 163 Å². The topological polar surface area (TPSA) is 25.8 Å². The summed E-state index contributed by atoms with van der Waals surface area (Å²) < 4.78 is 0. The van der Waals surface area contributed by atoms with Gasteiger partial charge in [0.1, 0.15) is 0 Å². The summed E-state index contributed by atoms with van der Waals surface area (Å²) in [5, 5.41) is 9.63. The van der Waals surface area contributed by atoms with Crippen LogP contribution in [0.4, 0.5) is 0 Å². The van der Waals surface area contributed by atoms with Crippen molar-refractivity contribution in [3.63, 3.8) is 0 Å². The van der Waals surface area contributed by atoms with Crippen molar-refractivity contribution in [2.75, 3.05) is 0 Å². The average Bonchev–Trinajstić information content (AvgIpc) is 3.19. The van der Waals surface area contributed by atoms with E-state index >= 15 is 0 Å². The first-order chi connectivity index (χ1) is 24.8. The fourth-order valence-corrected chi connectivity index (χ4v) is 7.50. The van der Waals surface area contributed by atoms with E-state index in [0.29, 0.717) is 0 Å². The van der Waals surface area contributed by atoms with Crippen LogP contribution in [-0.4, -0.2) is 9.97 Å². The Hall–Kier alpha value is -6.82. The molecule has 2 heterocycles. The van der Waals surface area contributed by atoms with E-state index in [1.54, 1.807) is 0 Å². The highest BCUT2D eigenvalue weighted by Crippen LogP contribution is 2.44. The third-order valence-corrected chi connectivity index (χ3v) is 9.91. The van der Waals surface area contributed by atoms with Crippen LogP contribution < -0.4 is 0 Å². The van der Waals surface area contributed by atoms with Gasteiger partial charge < -0.3 is 0 Å². The Labute approximate surface area is 289 Å². The fourth-order valence-electron chi connectivity index (χ4n) is 7.50. The fraction of sp³-hybridized carbons (Fsp3) is 0. The Bertz CT molecular complexity index is 2930. The zero-order valence-electron chi connectivity index (χ0n) is 27.1. The molecule has 0 radical (unpaired) electrons. The molecule has 0 saturated carbocycles. The molecule has 0 fully saturated rings. The number of benzene rings is 7. The lowest BCUT2D eigenvalue weighted by atomic mass is 9.85. The number of rotatable bonds is 4. The molecule has 1 aliphatic rings. The van der Waals surface area contributed by atoms with E-state index in [4.69, 9.17) is 9.97 Å². The van der Waals surface area contributed by atoms with Crippen molar-refractivity contribution >= 4 is 59.7 Å². The van der Waals surface area contributed by atoms with Gasteiger partial charge in [-0.1, -0.05) is 145 Å². The summed E-state index contributed by atoms with van der Waals surface area (Å²) in [6, 6.07) is 54.6. The van der Waals surface area contributed by atoms with Gasteiger partial charge in [-0.2, -0.15) is 0 Å². The molecule has 0 N–H and O–H groups in total. The number of fused-ring (bicyclic) bond motifs is 6. The predicted molar refractivity (Wildman–Crippen MR) is 210 cm³/mol. The normalized spacial score (nSPS) is 12.4. The highest BCUT2D eigenvalue weighted by molar-refractivity contribution is 6.21. The molecule has 2 heteroatoms. The maximum Gasteiger partial charge on any atom is 0.0972 e. The third kappa shape index (κ3) is 4.60. The quantitative estimate of drug-likeness (QED) is 0.110. The van der Waals surface area contributed by atoms with Crippen LogP contribution in [0.5, 0.6) is 0 Å². The Morgan fingerprint density at radius 3 is 1.52 bits per heavy atom. The van der Waals surface area contributed by atoms with Crippen LogP contribution in [0, 0.1) is 0 Å². The standard InChI is InChI=1S/C48H28N2/c1-2-11-32(12-3-1)43-28-26-35-23-24-36-27-29-44(50-48(36)47(35)49-43)33-19-21-34(22-20-33)45-39-14-6-8-16-41(39)46(42-17-9-7-15-40(42)45)38-25-18-31-10-4-5-13-37(31)30-38/h2,4-30H. The molecule has 230 valence electrons. The first-order valence-electron chi connectivity index (χ1n) is 16.9. The molecule has 2 aromatic heterocycles. The van der Waals surface area contributed by atoms with Crippen LogP contribution in [0.15, 0.2) is 181 Å². The van der Waals surface area contributed by atoms with Gasteiger partial charge in [-0.3, -0.25) is 0 Å². The second-order valence-electron chi connectivity index (χ2n) is 12.8. The molecule has 0 saturated heterocycles. The highest BCUT2D eigenvalue weighted by Gasteiger charge is 2.17. The van der Waals surface area contributed by atoms with Gasteiger partial charge in [-0.25, -0.2) is 9.97 Å².